The Labute approximate surface area is 132 Å². The van der Waals surface area contributed by atoms with E-state index in [9.17, 15) is 0 Å². The molecule has 3 rings (SSSR count). The zero-order valence-corrected chi connectivity index (χ0v) is 13.1. The molecule has 3 heteroatoms. The lowest BCUT2D eigenvalue weighted by molar-refractivity contribution is -0.411. The quantitative estimate of drug-likeness (QED) is 0.776. The van der Waals surface area contributed by atoms with E-state index < -0.39 is 0 Å². The van der Waals surface area contributed by atoms with Crippen molar-refractivity contribution < 1.29 is 18.1 Å². The van der Waals surface area contributed by atoms with E-state index in [4.69, 9.17) is 0 Å². The number of benzene rings is 2. The predicted molar refractivity (Wildman–Crippen MR) is 83.7 cm³/mol. The van der Waals surface area contributed by atoms with E-state index >= 15 is 0 Å². The van der Waals surface area contributed by atoms with Crippen molar-refractivity contribution in [1.29, 1.82) is 0 Å². The van der Waals surface area contributed by atoms with Gasteiger partial charge in [0.25, 0.3) is 0 Å². The van der Waals surface area contributed by atoms with Crippen molar-refractivity contribution in [1.82, 2.24) is 0 Å². The maximum atomic E-state index is 4.39. The van der Waals surface area contributed by atoms with E-state index in [0.29, 0.717) is 0 Å². The van der Waals surface area contributed by atoms with Crippen molar-refractivity contribution in [2.75, 3.05) is 18.0 Å². The first kappa shape index (κ1) is 15.6. The summed E-state index contributed by atoms with van der Waals surface area (Å²) >= 11 is 0. The van der Waals surface area contributed by atoms with Gasteiger partial charge in [-0.15, -0.1) is 0 Å². The summed E-state index contributed by atoms with van der Waals surface area (Å²) in [5.74, 6) is 0. The van der Waals surface area contributed by atoms with Gasteiger partial charge in [-0.25, -0.2) is 0 Å². The normalized spacial score (nSPS) is 14.9. The summed E-state index contributed by atoms with van der Waals surface area (Å²) < 4.78 is 0. The van der Waals surface area contributed by atoms with Gasteiger partial charge in [0.05, 0.1) is 0 Å². The van der Waals surface area contributed by atoms with Crippen LogP contribution in [0.2, 0.25) is 0 Å². The van der Waals surface area contributed by atoms with E-state index in [0.717, 1.165) is 13.1 Å². The molecule has 0 radical (unpaired) electrons. The van der Waals surface area contributed by atoms with Crippen LogP contribution in [0.4, 0.5) is 5.69 Å². The van der Waals surface area contributed by atoms with Crippen LogP contribution in [0.15, 0.2) is 60.7 Å². The standard InChI is InChI=1S/C18H20N2.ClH/c1-14-9-10-16(17(13-14)20-11-5-6-12-20)18(19)15-7-3-2-4-8-15;/h2-10,13,18H,11-12,19H2,1H3;1H. The molecule has 2 aromatic carbocycles. The Bertz CT molecular complexity index is 614. The molecule has 0 spiro atoms. The second-order valence-corrected chi connectivity index (χ2v) is 5.40. The minimum Gasteiger partial charge on any atom is -1.00 e. The van der Waals surface area contributed by atoms with Gasteiger partial charge in [0, 0.05) is 29.9 Å². The summed E-state index contributed by atoms with van der Waals surface area (Å²) in [6.07, 6.45) is 4.46. The molecule has 0 saturated heterocycles. The first-order chi connectivity index (χ1) is 9.75. The molecule has 2 aromatic rings. The number of anilines is 1. The van der Waals surface area contributed by atoms with Crippen molar-refractivity contribution in [3.63, 3.8) is 0 Å². The molecule has 21 heavy (non-hydrogen) atoms. The number of hydrogen-bond donors (Lipinski definition) is 1. The molecule has 1 aliphatic heterocycles. The Morgan fingerprint density at radius 1 is 1.00 bits per heavy atom. The second kappa shape index (κ2) is 6.79. The number of aryl methyl sites for hydroxylation is 1. The summed E-state index contributed by atoms with van der Waals surface area (Å²) in [6.45, 7) is 4.15. The van der Waals surface area contributed by atoms with Gasteiger partial charge in [0.15, 0.2) is 0 Å². The number of nitrogens with zero attached hydrogens (tertiary/aromatic N) is 1. The molecular weight excluding hydrogens is 280 g/mol. The molecule has 0 aromatic heterocycles. The lowest BCUT2D eigenvalue weighted by atomic mass is 9.96. The van der Waals surface area contributed by atoms with Crippen LogP contribution in [0.25, 0.3) is 0 Å². The van der Waals surface area contributed by atoms with E-state index in [2.05, 4.69) is 78.2 Å². The highest BCUT2D eigenvalue weighted by Crippen LogP contribution is 2.30. The topological polar surface area (TPSA) is 30.9 Å². The molecule has 0 aliphatic carbocycles. The van der Waals surface area contributed by atoms with Crippen molar-refractivity contribution >= 4 is 5.69 Å². The van der Waals surface area contributed by atoms with E-state index in [-0.39, 0.29) is 18.4 Å². The molecule has 1 unspecified atom stereocenters. The lowest BCUT2D eigenvalue weighted by Crippen LogP contribution is -3.00. The third kappa shape index (κ3) is 3.29. The molecule has 3 N–H and O–H groups in total. The molecule has 1 heterocycles. The van der Waals surface area contributed by atoms with Gasteiger partial charge in [0.2, 0.25) is 0 Å². The highest BCUT2D eigenvalue weighted by atomic mass is 35.5. The van der Waals surface area contributed by atoms with Gasteiger partial charge in [-0.2, -0.15) is 0 Å². The van der Waals surface area contributed by atoms with Gasteiger partial charge in [-0.05, 0) is 18.6 Å². The third-order valence-electron chi connectivity index (χ3n) is 3.92. The Kier molecular flexibility index (Phi) is 5.05. The van der Waals surface area contributed by atoms with Gasteiger partial charge in [-0.3, -0.25) is 0 Å². The molecule has 0 saturated carbocycles. The lowest BCUT2D eigenvalue weighted by Gasteiger charge is -2.23. The second-order valence-electron chi connectivity index (χ2n) is 5.40. The number of halogens is 1. The van der Waals surface area contributed by atoms with Gasteiger partial charge >= 0.3 is 0 Å². The van der Waals surface area contributed by atoms with Crippen molar-refractivity contribution in [2.45, 2.75) is 13.0 Å². The van der Waals surface area contributed by atoms with Crippen LogP contribution in [0.1, 0.15) is 22.7 Å². The van der Waals surface area contributed by atoms with Gasteiger partial charge in [-0.1, -0.05) is 54.6 Å². The molecule has 110 valence electrons. The van der Waals surface area contributed by atoms with Gasteiger partial charge in [0.1, 0.15) is 6.04 Å². The van der Waals surface area contributed by atoms with Crippen LogP contribution in [-0.2, 0) is 0 Å². The van der Waals surface area contributed by atoms with Crippen LogP contribution >= 0.6 is 0 Å². The fraction of sp³-hybridized carbons (Fsp3) is 0.222. The Hall–Kier alpha value is -1.77. The van der Waals surface area contributed by atoms with Crippen molar-refractivity contribution in [3.05, 3.63) is 77.4 Å². The summed E-state index contributed by atoms with van der Waals surface area (Å²) in [5, 5.41) is 0. The smallest absolute Gasteiger partial charge is 0.138 e. The van der Waals surface area contributed by atoms with Crippen molar-refractivity contribution in [3.8, 4) is 0 Å². The molecular formula is C18H21ClN2. The van der Waals surface area contributed by atoms with Crippen LogP contribution in [-0.4, -0.2) is 13.1 Å². The minimum absolute atomic E-state index is 0. The number of hydrogen-bond acceptors (Lipinski definition) is 1. The largest absolute Gasteiger partial charge is 1.00 e. The number of quaternary nitrogens is 1. The maximum absolute atomic E-state index is 4.39. The SMILES string of the molecule is Cc1ccc(C([NH3+])c2ccccc2)c(N2CC=CC2)c1.[Cl-]. The van der Waals surface area contributed by atoms with Crippen LogP contribution in [0.3, 0.4) is 0 Å². The highest BCUT2D eigenvalue weighted by Gasteiger charge is 2.20. The predicted octanol–water partition coefficient (Wildman–Crippen LogP) is -0.293. The fourth-order valence-electron chi connectivity index (χ4n) is 2.76. The molecule has 0 bridgehead atoms. The summed E-state index contributed by atoms with van der Waals surface area (Å²) in [4.78, 5) is 2.41. The van der Waals surface area contributed by atoms with Crippen LogP contribution in [0.5, 0.6) is 0 Å². The monoisotopic (exact) mass is 300 g/mol. The molecule has 2 nitrogen and oxygen atoms in total. The first-order valence-electron chi connectivity index (χ1n) is 7.14. The molecule has 1 atom stereocenters. The van der Waals surface area contributed by atoms with E-state index in [1.54, 1.807) is 0 Å². The summed E-state index contributed by atoms with van der Waals surface area (Å²) in [7, 11) is 0. The van der Waals surface area contributed by atoms with E-state index in [1.165, 1.54) is 22.4 Å². The third-order valence-corrected chi connectivity index (χ3v) is 3.92. The van der Waals surface area contributed by atoms with Crippen LogP contribution < -0.4 is 23.0 Å². The first-order valence-corrected chi connectivity index (χ1v) is 7.14. The fourth-order valence-corrected chi connectivity index (χ4v) is 2.76. The minimum atomic E-state index is 0. The van der Waals surface area contributed by atoms with E-state index in [1.807, 2.05) is 0 Å². The summed E-state index contributed by atoms with van der Waals surface area (Å²) in [6, 6.07) is 17.4. The zero-order valence-electron chi connectivity index (χ0n) is 12.3. The number of rotatable bonds is 3. The Morgan fingerprint density at radius 2 is 1.67 bits per heavy atom. The Balaban J connectivity index is 0.00000161. The maximum Gasteiger partial charge on any atom is 0.138 e. The van der Waals surface area contributed by atoms with Crippen LogP contribution in [0, 0.1) is 6.92 Å². The van der Waals surface area contributed by atoms with Crippen molar-refractivity contribution in [2.24, 2.45) is 0 Å². The average molecular weight is 301 g/mol. The molecule has 0 amide bonds. The molecule has 1 aliphatic rings. The highest BCUT2D eigenvalue weighted by molar-refractivity contribution is 5.59. The zero-order chi connectivity index (χ0) is 13.9. The van der Waals surface area contributed by atoms with Gasteiger partial charge < -0.3 is 23.0 Å². The average Bonchev–Trinajstić information content (AvgIpc) is 3.01. The molecule has 0 fully saturated rings. The summed E-state index contributed by atoms with van der Waals surface area (Å²) in [5.41, 5.74) is 9.59. The Morgan fingerprint density at radius 3 is 2.33 bits per heavy atom.